The van der Waals surface area contributed by atoms with Gasteiger partial charge in [-0.25, -0.2) is 9.97 Å². The quantitative estimate of drug-likeness (QED) is 0.298. The number of aromatic nitrogens is 2. The Balaban J connectivity index is 1.41. The van der Waals surface area contributed by atoms with Crippen LogP contribution in [-0.4, -0.2) is 23.0 Å². The number of nitrogens with one attached hydrogen (secondary N) is 2. The van der Waals surface area contributed by atoms with Gasteiger partial charge in [0.25, 0.3) is 5.91 Å². The summed E-state index contributed by atoms with van der Waals surface area (Å²) in [6, 6.07) is 30.8. The highest BCUT2D eigenvalue weighted by Crippen LogP contribution is 2.29. The van der Waals surface area contributed by atoms with Crippen LogP contribution in [0.15, 0.2) is 97.1 Å². The third-order valence-corrected chi connectivity index (χ3v) is 5.66. The molecular weight excluding hydrogens is 436 g/mol. The molecule has 6 heteroatoms. The number of nitrogens with zero attached hydrogens (tertiary/aromatic N) is 2. The number of anilines is 3. The molecule has 0 fully saturated rings. The molecule has 5 aromatic rings. The van der Waals surface area contributed by atoms with Gasteiger partial charge in [0, 0.05) is 22.2 Å². The number of ether oxygens (including phenoxy) is 1. The van der Waals surface area contributed by atoms with Crippen molar-refractivity contribution in [2.45, 2.75) is 6.92 Å². The largest absolute Gasteiger partial charge is 0.495 e. The summed E-state index contributed by atoms with van der Waals surface area (Å²) in [6.45, 7) is 2.05. The van der Waals surface area contributed by atoms with Crippen molar-refractivity contribution in [2.24, 2.45) is 0 Å². The summed E-state index contributed by atoms with van der Waals surface area (Å²) in [6.07, 6.45) is 0. The summed E-state index contributed by atoms with van der Waals surface area (Å²) in [5, 5.41) is 7.17. The summed E-state index contributed by atoms with van der Waals surface area (Å²) in [7, 11) is 1.57. The SMILES string of the molecule is COc1ccccc1NC(=O)c1ccc(Nc2nc(-c3ccccc3)c3ccc(C)cc3n2)cc1. The number of fused-ring (bicyclic) bond motifs is 1. The molecule has 0 saturated carbocycles. The average Bonchev–Trinajstić information content (AvgIpc) is 2.89. The molecule has 4 aromatic carbocycles. The number of rotatable bonds is 6. The van der Waals surface area contributed by atoms with E-state index in [1.807, 2.05) is 61.5 Å². The molecule has 0 atom stereocenters. The number of carbonyl (C=O) groups excluding carboxylic acids is 1. The van der Waals surface area contributed by atoms with E-state index in [1.165, 1.54) is 0 Å². The minimum Gasteiger partial charge on any atom is -0.495 e. The highest BCUT2D eigenvalue weighted by atomic mass is 16.5. The zero-order valence-electron chi connectivity index (χ0n) is 19.4. The molecule has 172 valence electrons. The average molecular weight is 461 g/mol. The van der Waals surface area contributed by atoms with Crippen molar-refractivity contribution in [2.75, 3.05) is 17.7 Å². The number of aryl methyl sites for hydroxylation is 1. The molecule has 0 saturated heterocycles. The minimum atomic E-state index is -0.218. The van der Waals surface area contributed by atoms with Crippen LogP contribution in [-0.2, 0) is 0 Å². The fourth-order valence-corrected chi connectivity index (χ4v) is 3.89. The number of benzene rings is 4. The van der Waals surface area contributed by atoms with Gasteiger partial charge in [-0.15, -0.1) is 0 Å². The van der Waals surface area contributed by atoms with Crippen LogP contribution in [0.25, 0.3) is 22.2 Å². The molecular formula is C29H24N4O2. The van der Waals surface area contributed by atoms with E-state index in [4.69, 9.17) is 14.7 Å². The summed E-state index contributed by atoms with van der Waals surface area (Å²) in [5.41, 5.74) is 5.82. The topological polar surface area (TPSA) is 76.1 Å². The van der Waals surface area contributed by atoms with E-state index in [1.54, 1.807) is 31.4 Å². The fourth-order valence-electron chi connectivity index (χ4n) is 3.89. The van der Waals surface area contributed by atoms with E-state index in [9.17, 15) is 4.79 Å². The molecule has 0 aliphatic rings. The van der Waals surface area contributed by atoms with Crippen LogP contribution in [0.3, 0.4) is 0 Å². The van der Waals surface area contributed by atoms with Crippen LogP contribution in [0.4, 0.5) is 17.3 Å². The normalized spacial score (nSPS) is 10.7. The van der Waals surface area contributed by atoms with Crippen molar-refractivity contribution in [3.8, 4) is 17.0 Å². The maximum atomic E-state index is 12.7. The second-order valence-corrected chi connectivity index (χ2v) is 8.14. The van der Waals surface area contributed by atoms with Crippen LogP contribution in [0.1, 0.15) is 15.9 Å². The summed E-state index contributed by atoms with van der Waals surface area (Å²) in [4.78, 5) is 22.3. The van der Waals surface area contributed by atoms with Gasteiger partial charge in [0.2, 0.25) is 5.95 Å². The maximum Gasteiger partial charge on any atom is 0.255 e. The van der Waals surface area contributed by atoms with Crippen molar-refractivity contribution in [3.05, 3.63) is 108 Å². The van der Waals surface area contributed by atoms with E-state index in [0.717, 1.165) is 33.4 Å². The van der Waals surface area contributed by atoms with Crippen molar-refractivity contribution in [1.82, 2.24) is 9.97 Å². The standard InChI is InChI=1S/C29H24N4O2/c1-19-12-17-23-25(18-19)32-29(33-27(23)20-8-4-3-5-9-20)30-22-15-13-21(14-16-22)28(34)31-24-10-6-7-11-26(24)35-2/h3-18H,1-2H3,(H,31,34)(H,30,32,33). The number of amides is 1. The van der Waals surface area contributed by atoms with Gasteiger partial charge in [-0.1, -0.05) is 54.6 Å². The van der Waals surface area contributed by atoms with E-state index in [0.29, 0.717) is 22.9 Å². The van der Waals surface area contributed by atoms with Crippen LogP contribution in [0, 0.1) is 6.92 Å². The molecule has 0 aliphatic carbocycles. The van der Waals surface area contributed by atoms with Gasteiger partial charge < -0.3 is 15.4 Å². The Morgan fingerprint density at radius 3 is 2.34 bits per heavy atom. The van der Waals surface area contributed by atoms with E-state index in [-0.39, 0.29) is 5.91 Å². The lowest BCUT2D eigenvalue weighted by atomic mass is 10.1. The van der Waals surface area contributed by atoms with Crippen LogP contribution < -0.4 is 15.4 Å². The Morgan fingerprint density at radius 2 is 1.57 bits per heavy atom. The number of methoxy groups -OCH3 is 1. The van der Waals surface area contributed by atoms with Gasteiger partial charge in [-0.3, -0.25) is 4.79 Å². The molecule has 0 aliphatic heterocycles. The van der Waals surface area contributed by atoms with Crippen LogP contribution in [0.2, 0.25) is 0 Å². The Bertz CT molecular complexity index is 1500. The highest BCUT2D eigenvalue weighted by Gasteiger charge is 2.12. The number of carbonyl (C=O) groups is 1. The Morgan fingerprint density at radius 1 is 0.829 bits per heavy atom. The third kappa shape index (κ3) is 4.82. The first kappa shape index (κ1) is 22.1. The fraction of sp³-hybridized carbons (Fsp3) is 0.0690. The summed E-state index contributed by atoms with van der Waals surface area (Å²) < 4.78 is 5.31. The second kappa shape index (κ2) is 9.65. The predicted molar refractivity (Wildman–Crippen MR) is 140 cm³/mol. The van der Waals surface area contributed by atoms with E-state index >= 15 is 0 Å². The lowest BCUT2D eigenvalue weighted by Gasteiger charge is -2.12. The molecule has 0 unspecified atom stereocenters. The molecule has 6 nitrogen and oxygen atoms in total. The number of hydrogen-bond acceptors (Lipinski definition) is 5. The molecule has 0 radical (unpaired) electrons. The Hall–Kier alpha value is -4.71. The summed E-state index contributed by atoms with van der Waals surface area (Å²) >= 11 is 0. The van der Waals surface area contributed by atoms with E-state index < -0.39 is 0 Å². The van der Waals surface area contributed by atoms with Crippen molar-refractivity contribution < 1.29 is 9.53 Å². The van der Waals surface area contributed by atoms with Gasteiger partial charge in [0.05, 0.1) is 24.0 Å². The Labute approximate surface area is 203 Å². The van der Waals surface area contributed by atoms with Crippen LogP contribution >= 0.6 is 0 Å². The first-order valence-electron chi connectivity index (χ1n) is 11.3. The monoisotopic (exact) mass is 460 g/mol. The zero-order chi connectivity index (χ0) is 24.2. The van der Waals surface area contributed by atoms with Gasteiger partial charge in [-0.05, 0) is 55.0 Å². The van der Waals surface area contributed by atoms with Gasteiger partial charge in [0.15, 0.2) is 0 Å². The third-order valence-electron chi connectivity index (χ3n) is 5.66. The first-order valence-corrected chi connectivity index (χ1v) is 11.3. The van der Waals surface area contributed by atoms with Gasteiger partial charge in [-0.2, -0.15) is 0 Å². The van der Waals surface area contributed by atoms with Crippen molar-refractivity contribution >= 4 is 34.1 Å². The summed E-state index contributed by atoms with van der Waals surface area (Å²) in [5.74, 6) is 0.884. The molecule has 35 heavy (non-hydrogen) atoms. The smallest absolute Gasteiger partial charge is 0.255 e. The molecule has 5 rings (SSSR count). The lowest BCUT2D eigenvalue weighted by molar-refractivity contribution is 0.102. The van der Waals surface area contributed by atoms with Crippen molar-refractivity contribution in [1.29, 1.82) is 0 Å². The molecule has 1 amide bonds. The van der Waals surface area contributed by atoms with Crippen molar-refractivity contribution in [3.63, 3.8) is 0 Å². The molecule has 0 bridgehead atoms. The highest BCUT2D eigenvalue weighted by molar-refractivity contribution is 6.05. The molecule has 0 spiro atoms. The minimum absolute atomic E-state index is 0.218. The van der Waals surface area contributed by atoms with Gasteiger partial charge in [0.1, 0.15) is 5.75 Å². The maximum absolute atomic E-state index is 12.7. The lowest BCUT2D eigenvalue weighted by Crippen LogP contribution is -2.12. The van der Waals surface area contributed by atoms with Crippen LogP contribution in [0.5, 0.6) is 5.75 Å². The van der Waals surface area contributed by atoms with Gasteiger partial charge >= 0.3 is 0 Å². The second-order valence-electron chi connectivity index (χ2n) is 8.14. The number of hydrogen-bond donors (Lipinski definition) is 2. The molecule has 1 aromatic heterocycles. The molecule has 2 N–H and O–H groups in total. The Kier molecular flexibility index (Phi) is 6.09. The molecule has 1 heterocycles. The number of para-hydroxylation sites is 2. The first-order chi connectivity index (χ1) is 17.1. The predicted octanol–water partition coefficient (Wildman–Crippen LogP) is 6.61. The van der Waals surface area contributed by atoms with E-state index in [2.05, 4.69) is 28.8 Å². The zero-order valence-corrected chi connectivity index (χ0v) is 19.4.